The van der Waals surface area contributed by atoms with Gasteiger partial charge < -0.3 is 25.4 Å². The molecular weight excluding hydrogens is 274 g/mol. The summed E-state index contributed by atoms with van der Waals surface area (Å²) >= 11 is 0. The standard InChI is InChI=1S/C14H29N3O4/c1-17(2)10-12-21-11-9-16-14(20)15-8-6-4-3-5-7-13(18)19/h3-12H2,1-2H3,(H,18,19)(H2,15,16,20). The molecule has 0 spiro atoms. The number of nitrogens with one attached hydrogen (secondary N) is 2. The maximum Gasteiger partial charge on any atom is 0.314 e. The third-order valence-corrected chi connectivity index (χ3v) is 2.82. The van der Waals surface area contributed by atoms with Crippen LogP contribution in [0.15, 0.2) is 0 Å². The summed E-state index contributed by atoms with van der Waals surface area (Å²) in [6.07, 6.45) is 3.61. The maximum atomic E-state index is 11.4. The Balaban J connectivity index is 3.22. The van der Waals surface area contributed by atoms with E-state index in [2.05, 4.69) is 10.6 Å². The van der Waals surface area contributed by atoms with Crippen molar-refractivity contribution in [2.75, 3.05) is 46.9 Å². The van der Waals surface area contributed by atoms with E-state index in [0.717, 1.165) is 25.8 Å². The van der Waals surface area contributed by atoms with Gasteiger partial charge in [-0.15, -0.1) is 0 Å². The molecule has 0 heterocycles. The number of likely N-dealkylation sites (N-methyl/N-ethyl adjacent to an activating group) is 1. The van der Waals surface area contributed by atoms with Gasteiger partial charge in [-0.2, -0.15) is 0 Å². The van der Waals surface area contributed by atoms with Gasteiger partial charge in [0.2, 0.25) is 0 Å². The number of nitrogens with zero attached hydrogens (tertiary/aromatic N) is 1. The number of carbonyl (C=O) groups excluding carboxylic acids is 1. The quantitative estimate of drug-likeness (QED) is 0.440. The molecule has 0 aromatic rings. The molecule has 0 aliphatic rings. The van der Waals surface area contributed by atoms with Gasteiger partial charge in [0.15, 0.2) is 0 Å². The molecule has 0 aliphatic carbocycles. The lowest BCUT2D eigenvalue weighted by Crippen LogP contribution is -2.38. The van der Waals surface area contributed by atoms with E-state index in [4.69, 9.17) is 9.84 Å². The summed E-state index contributed by atoms with van der Waals surface area (Å²) in [5.41, 5.74) is 0. The minimum Gasteiger partial charge on any atom is -0.481 e. The van der Waals surface area contributed by atoms with Crippen molar-refractivity contribution in [2.45, 2.75) is 32.1 Å². The highest BCUT2D eigenvalue weighted by atomic mass is 16.5. The van der Waals surface area contributed by atoms with E-state index in [1.807, 2.05) is 19.0 Å². The van der Waals surface area contributed by atoms with Crippen molar-refractivity contribution in [3.05, 3.63) is 0 Å². The SMILES string of the molecule is CN(C)CCOCCNC(=O)NCCCCCCC(=O)O. The minimum atomic E-state index is -0.750. The Kier molecular flexibility index (Phi) is 12.8. The lowest BCUT2D eigenvalue weighted by Gasteiger charge is -2.10. The van der Waals surface area contributed by atoms with E-state index in [0.29, 0.717) is 32.7 Å². The molecule has 0 saturated carbocycles. The number of carboxylic acid groups (broad SMARTS) is 1. The second-order valence-electron chi connectivity index (χ2n) is 5.16. The molecule has 3 N–H and O–H groups in total. The number of urea groups is 1. The minimum absolute atomic E-state index is 0.184. The van der Waals surface area contributed by atoms with Gasteiger partial charge in [0.1, 0.15) is 0 Å². The Morgan fingerprint density at radius 1 is 1.00 bits per heavy atom. The molecule has 0 radical (unpaired) electrons. The van der Waals surface area contributed by atoms with Crippen molar-refractivity contribution in [3.8, 4) is 0 Å². The van der Waals surface area contributed by atoms with Crippen molar-refractivity contribution < 1.29 is 19.4 Å². The first kappa shape index (κ1) is 19.7. The van der Waals surface area contributed by atoms with Crippen LogP contribution in [-0.4, -0.2) is 69.0 Å². The van der Waals surface area contributed by atoms with Crippen LogP contribution in [0, 0.1) is 0 Å². The first-order valence-electron chi connectivity index (χ1n) is 7.48. The second-order valence-corrected chi connectivity index (χ2v) is 5.16. The Hall–Kier alpha value is -1.34. The Bertz CT molecular complexity index is 285. The van der Waals surface area contributed by atoms with Crippen molar-refractivity contribution in [1.82, 2.24) is 15.5 Å². The number of hydrogen-bond acceptors (Lipinski definition) is 4. The van der Waals surface area contributed by atoms with E-state index in [-0.39, 0.29) is 12.5 Å². The molecule has 7 nitrogen and oxygen atoms in total. The summed E-state index contributed by atoms with van der Waals surface area (Å²) in [7, 11) is 3.97. The average molecular weight is 303 g/mol. The Morgan fingerprint density at radius 3 is 2.33 bits per heavy atom. The number of unbranched alkanes of at least 4 members (excludes halogenated alkanes) is 3. The number of rotatable bonds is 13. The van der Waals surface area contributed by atoms with Crippen LogP contribution in [0.5, 0.6) is 0 Å². The van der Waals surface area contributed by atoms with Gasteiger partial charge in [0.05, 0.1) is 13.2 Å². The zero-order chi connectivity index (χ0) is 15.9. The highest BCUT2D eigenvalue weighted by Crippen LogP contribution is 2.01. The topological polar surface area (TPSA) is 90.9 Å². The smallest absolute Gasteiger partial charge is 0.314 e. The van der Waals surface area contributed by atoms with Gasteiger partial charge >= 0.3 is 12.0 Å². The average Bonchev–Trinajstić information content (AvgIpc) is 2.41. The monoisotopic (exact) mass is 303 g/mol. The molecule has 0 fully saturated rings. The van der Waals surface area contributed by atoms with Crippen molar-refractivity contribution in [3.63, 3.8) is 0 Å². The predicted molar refractivity (Wildman–Crippen MR) is 81.5 cm³/mol. The third-order valence-electron chi connectivity index (χ3n) is 2.82. The summed E-state index contributed by atoms with van der Waals surface area (Å²) in [4.78, 5) is 23.7. The molecule has 7 heteroatoms. The molecule has 0 rings (SSSR count). The largest absolute Gasteiger partial charge is 0.481 e. The first-order valence-corrected chi connectivity index (χ1v) is 7.48. The van der Waals surface area contributed by atoms with E-state index in [9.17, 15) is 9.59 Å². The number of aliphatic carboxylic acids is 1. The highest BCUT2D eigenvalue weighted by Gasteiger charge is 2.00. The first-order chi connectivity index (χ1) is 10.0. The van der Waals surface area contributed by atoms with Gasteiger partial charge in [0.25, 0.3) is 0 Å². The summed E-state index contributed by atoms with van der Waals surface area (Å²) in [5.74, 6) is -0.750. The van der Waals surface area contributed by atoms with Gasteiger partial charge in [-0.25, -0.2) is 4.79 Å². The van der Waals surface area contributed by atoms with E-state index < -0.39 is 5.97 Å². The fraction of sp³-hybridized carbons (Fsp3) is 0.857. The lowest BCUT2D eigenvalue weighted by molar-refractivity contribution is -0.137. The fourth-order valence-electron chi connectivity index (χ4n) is 1.61. The molecule has 0 atom stereocenters. The molecule has 0 bridgehead atoms. The van der Waals surface area contributed by atoms with Crippen LogP contribution in [0.1, 0.15) is 32.1 Å². The Labute approximate surface area is 127 Å². The summed E-state index contributed by atoms with van der Waals surface area (Å²) < 4.78 is 5.35. The molecule has 0 aromatic heterocycles. The maximum absolute atomic E-state index is 11.4. The number of carboxylic acids is 1. The van der Waals surface area contributed by atoms with Crippen LogP contribution < -0.4 is 10.6 Å². The lowest BCUT2D eigenvalue weighted by atomic mass is 10.1. The Morgan fingerprint density at radius 2 is 1.67 bits per heavy atom. The van der Waals surface area contributed by atoms with Crippen molar-refractivity contribution in [1.29, 1.82) is 0 Å². The number of hydrogen-bond donors (Lipinski definition) is 3. The summed E-state index contributed by atoms with van der Waals surface area (Å²) in [5, 5.41) is 14.0. The van der Waals surface area contributed by atoms with Gasteiger partial charge in [0, 0.05) is 26.1 Å². The molecule has 0 aromatic carbocycles. The van der Waals surface area contributed by atoms with Crippen LogP contribution in [0.3, 0.4) is 0 Å². The summed E-state index contributed by atoms with van der Waals surface area (Å²) in [6, 6.07) is -0.184. The number of amides is 2. The predicted octanol–water partition coefficient (Wildman–Crippen LogP) is 0.899. The van der Waals surface area contributed by atoms with Crippen LogP contribution in [-0.2, 0) is 9.53 Å². The number of ether oxygens (including phenoxy) is 1. The van der Waals surface area contributed by atoms with Crippen LogP contribution in [0.2, 0.25) is 0 Å². The molecule has 0 unspecified atom stereocenters. The molecule has 124 valence electrons. The normalized spacial score (nSPS) is 10.6. The van der Waals surface area contributed by atoms with E-state index in [1.54, 1.807) is 0 Å². The molecule has 21 heavy (non-hydrogen) atoms. The second kappa shape index (κ2) is 13.6. The zero-order valence-electron chi connectivity index (χ0n) is 13.2. The molecular formula is C14H29N3O4. The summed E-state index contributed by atoms with van der Waals surface area (Å²) in [6.45, 7) is 3.15. The van der Waals surface area contributed by atoms with Crippen LogP contribution >= 0.6 is 0 Å². The van der Waals surface area contributed by atoms with Crippen LogP contribution in [0.25, 0.3) is 0 Å². The van der Waals surface area contributed by atoms with Gasteiger partial charge in [-0.05, 0) is 26.9 Å². The van der Waals surface area contributed by atoms with Gasteiger partial charge in [-0.3, -0.25) is 4.79 Å². The highest BCUT2D eigenvalue weighted by molar-refractivity contribution is 5.73. The van der Waals surface area contributed by atoms with E-state index >= 15 is 0 Å². The molecule has 2 amide bonds. The third kappa shape index (κ3) is 16.6. The van der Waals surface area contributed by atoms with Crippen LogP contribution in [0.4, 0.5) is 4.79 Å². The molecule has 0 saturated heterocycles. The van der Waals surface area contributed by atoms with E-state index in [1.165, 1.54) is 0 Å². The fourth-order valence-corrected chi connectivity index (χ4v) is 1.61. The number of carbonyl (C=O) groups is 2. The molecule has 0 aliphatic heterocycles. The zero-order valence-corrected chi connectivity index (χ0v) is 13.2. The van der Waals surface area contributed by atoms with Crippen molar-refractivity contribution in [2.24, 2.45) is 0 Å². The van der Waals surface area contributed by atoms with Crippen molar-refractivity contribution >= 4 is 12.0 Å². The van der Waals surface area contributed by atoms with Gasteiger partial charge in [-0.1, -0.05) is 12.8 Å².